The Morgan fingerprint density at radius 3 is 2.77 bits per heavy atom. The molecule has 26 heavy (non-hydrogen) atoms. The second-order valence-electron chi connectivity index (χ2n) is 5.47. The number of carbonyl (C=O) groups excluding carboxylic acids is 1. The van der Waals surface area contributed by atoms with Gasteiger partial charge in [-0.1, -0.05) is 17.3 Å². The third kappa shape index (κ3) is 3.14. The first kappa shape index (κ1) is 15.9. The van der Waals surface area contributed by atoms with Crippen molar-refractivity contribution in [2.75, 3.05) is 0 Å². The van der Waals surface area contributed by atoms with E-state index in [-0.39, 0.29) is 24.1 Å². The number of halogens is 1. The molecule has 4 aromatic rings. The average molecular weight is 349 g/mol. The van der Waals surface area contributed by atoms with Crippen molar-refractivity contribution in [3.63, 3.8) is 0 Å². The number of carbonyl (C=O) groups is 1. The van der Waals surface area contributed by atoms with Crippen molar-refractivity contribution in [2.24, 2.45) is 0 Å². The van der Waals surface area contributed by atoms with E-state index in [0.29, 0.717) is 22.0 Å². The molecule has 6 nitrogen and oxygen atoms in total. The first-order valence-corrected chi connectivity index (χ1v) is 7.80. The molecule has 4 rings (SSSR count). The first-order valence-electron chi connectivity index (χ1n) is 7.80. The highest BCUT2D eigenvalue weighted by Gasteiger charge is 2.14. The Morgan fingerprint density at radius 2 is 1.92 bits per heavy atom. The lowest BCUT2D eigenvalue weighted by Crippen LogP contribution is -2.07. The molecule has 128 valence electrons. The van der Waals surface area contributed by atoms with Crippen molar-refractivity contribution in [3.05, 3.63) is 78.0 Å². The van der Waals surface area contributed by atoms with Crippen LogP contribution in [0.25, 0.3) is 22.4 Å². The largest absolute Gasteiger partial charge is 0.454 e. The van der Waals surface area contributed by atoms with Crippen LogP contribution in [0.5, 0.6) is 0 Å². The average Bonchev–Trinajstić information content (AvgIpc) is 3.15. The van der Waals surface area contributed by atoms with Gasteiger partial charge in [0.2, 0.25) is 5.82 Å². The second kappa shape index (κ2) is 6.72. The van der Waals surface area contributed by atoms with E-state index in [1.54, 1.807) is 30.5 Å². The fourth-order valence-corrected chi connectivity index (χ4v) is 2.51. The molecule has 0 saturated carbocycles. The van der Waals surface area contributed by atoms with Gasteiger partial charge in [0.1, 0.15) is 5.82 Å². The molecule has 2 aromatic carbocycles. The van der Waals surface area contributed by atoms with Crippen molar-refractivity contribution in [2.45, 2.75) is 6.61 Å². The predicted molar refractivity (Wildman–Crippen MR) is 90.6 cm³/mol. The summed E-state index contributed by atoms with van der Waals surface area (Å²) < 4.78 is 23.4. The summed E-state index contributed by atoms with van der Waals surface area (Å²) >= 11 is 0. The minimum Gasteiger partial charge on any atom is -0.454 e. The summed E-state index contributed by atoms with van der Waals surface area (Å²) in [7, 11) is 0. The van der Waals surface area contributed by atoms with Gasteiger partial charge in [0.25, 0.3) is 5.89 Å². The van der Waals surface area contributed by atoms with Crippen molar-refractivity contribution >= 4 is 16.9 Å². The van der Waals surface area contributed by atoms with Gasteiger partial charge in [-0.3, -0.25) is 4.98 Å². The van der Waals surface area contributed by atoms with E-state index < -0.39 is 5.97 Å². The zero-order valence-electron chi connectivity index (χ0n) is 13.4. The molecule has 0 aliphatic carbocycles. The SMILES string of the molecule is O=C(OCc1noc(-c2ccc(F)cc2)n1)c1cccc2ncccc12. The molecule has 0 fully saturated rings. The molecule has 7 heteroatoms. The van der Waals surface area contributed by atoms with Crippen LogP contribution in [0.1, 0.15) is 16.2 Å². The Balaban J connectivity index is 1.49. The Bertz CT molecular complexity index is 1070. The lowest BCUT2D eigenvalue weighted by molar-refractivity contribution is 0.0462. The van der Waals surface area contributed by atoms with Gasteiger partial charge in [-0.15, -0.1) is 0 Å². The Hall–Kier alpha value is -3.61. The molecular weight excluding hydrogens is 337 g/mol. The number of rotatable bonds is 4. The Labute approximate surface area is 147 Å². The molecule has 0 atom stereocenters. The third-order valence-electron chi connectivity index (χ3n) is 3.76. The number of aromatic nitrogens is 3. The summed E-state index contributed by atoms with van der Waals surface area (Å²) in [5, 5.41) is 4.48. The molecule has 0 saturated heterocycles. The highest BCUT2D eigenvalue weighted by Crippen LogP contribution is 2.19. The maximum Gasteiger partial charge on any atom is 0.339 e. The number of pyridine rings is 1. The predicted octanol–water partition coefficient (Wildman–Crippen LogP) is 3.78. The van der Waals surface area contributed by atoms with E-state index in [9.17, 15) is 9.18 Å². The monoisotopic (exact) mass is 349 g/mol. The fraction of sp³-hybridized carbons (Fsp3) is 0.0526. The summed E-state index contributed by atoms with van der Waals surface area (Å²) in [4.78, 5) is 20.7. The quantitative estimate of drug-likeness (QED) is 0.522. The molecule has 0 aliphatic rings. The lowest BCUT2D eigenvalue weighted by Gasteiger charge is -2.05. The van der Waals surface area contributed by atoms with Crippen molar-refractivity contribution < 1.29 is 18.4 Å². The highest BCUT2D eigenvalue weighted by atomic mass is 19.1. The fourth-order valence-electron chi connectivity index (χ4n) is 2.51. The van der Waals surface area contributed by atoms with E-state index in [4.69, 9.17) is 9.26 Å². The molecule has 0 spiro atoms. The Morgan fingerprint density at radius 1 is 1.08 bits per heavy atom. The minimum absolute atomic E-state index is 0.139. The third-order valence-corrected chi connectivity index (χ3v) is 3.76. The van der Waals surface area contributed by atoms with Gasteiger partial charge in [0.15, 0.2) is 6.61 Å². The van der Waals surface area contributed by atoms with Gasteiger partial charge < -0.3 is 9.26 Å². The number of nitrogens with zero attached hydrogens (tertiary/aromatic N) is 3. The molecule has 0 unspecified atom stereocenters. The number of ether oxygens (including phenoxy) is 1. The summed E-state index contributed by atoms with van der Waals surface area (Å²) in [6, 6.07) is 14.5. The van der Waals surface area contributed by atoms with Crippen molar-refractivity contribution in [1.29, 1.82) is 0 Å². The molecule has 0 bridgehead atoms. The normalized spacial score (nSPS) is 10.8. The van der Waals surface area contributed by atoms with Crippen LogP contribution < -0.4 is 0 Å². The molecule has 0 aliphatic heterocycles. The van der Waals surface area contributed by atoms with Gasteiger partial charge in [-0.05, 0) is 42.5 Å². The molecule has 2 aromatic heterocycles. The molecule has 2 heterocycles. The van der Waals surface area contributed by atoms with E-state index in [1.165, 1.54) is 24.3 Å². The van der Waals surface area contributed by atoms with Gasteiger partial charge in [-0.25, -0.2) is 9.18 Å². The van der Waals surface area contributed by atoms with Crippen LogP contribution >= 0.6 is 0 Å². The van der Waals surface area contributed by atoms with Crippen LogP contribution in [0.3, 0.4) is 0 Å². The number of esters is 1. The van der Waals surface area contributed by atoms with Crippen LogP contribution in [-0.4, -0.2) is 21.1 Å². The highest BCUT2D eigenvalue weighted by molar-refractivity contribution is 6.03. The number of hydrogen-bond donors (Lipinski definition) is 0. The van der Waals surface area contributed by atoms with E-state index in [2.05, 4.69) is 15.1 Å². The van der Waals surface area contributed by atoms with E-state index in [1.807, 2.05) is 6.07 Å². The van der Waals surface area contributed by atoms with Gasteiger partial charge in [0, 0.05) is 17.1 Å². The maximum atomic E-state index is 13.0. The van der Waals surface area contributed by atoms with E-state index >= 15 is 0 Å². The first-order chi connectivity index (χ1) is 12.7. The molecule has 0 radical (unpaired) electrons. The standard InChI is InChI=1S/C19H12FN3O3/c20-13-8-6-12(7-9-13)18-22-17(23-26-18)11-25-19(24)15-3-1-5-16-14(15)4-2-10-21-16/h1-10H,11H2. The van der Waals surface area contributed by atoms with Crippen LogP contribution in [0, 0.1) is 5.82 Å². The van der Waals surface area contributed by atoms with Gasteiger partial charge in [0.05, 0.1) is 11.1 Å². The van der Waals surface area contributed by atoms with Crippen LogP contribution in [0.2, 0.25) is 0 Å². The number of benzene rings is 2. The van der Waals surface area contributed by atoms with Crippen molar-refractivity contribution in [1.82, 2.24) is 15.1 Å². The molecule has 0 N–H and O–H groups in total. The van der Waals surface area contributed by atoms with Gasteiger partial charge in [-0.2, -0.15) is 4.98 Å². The van der Waals surface area contributed by atoms with Crippen LogP contribution in [0.15, 0.2) is 65.3 Å². The summed E-state index contributed by atoms with van der Waals surface area (Å²) in [6.07, 6.45) is 1.66. The summed E-state index contributed by atoms with van der Waals surface area (Å²) in [5.74, 6) is -0.412. The Kier molecular flexibility index (Phi) is 4.10. The van der Waals surface area contributed by atoms with Gasteiger partial charge >= 0.3 is 5.97 Å². The topological polar surface area (TPSA) is 78.1 Å². The maximum absolute atomic E-state index is 13.0. The van der Waals surface area contributed by atoms with Crippen LogP contribution in [-0.2, 0) is 11.3 Å². The minimum atomic E-state index is -0.503. The summed E-state index contributed by atoms with van der Waals surface area (Å²) in [6.45, 7) is -0.139. The van der Waals surface area contributed by atoms with E-state index in [0.717, 1.165) is 0 Å². The zero-order chi connectivity index (χ0) is 17.9. The second-order valence-corrected chi connectivity index (χ2v) is 5.47. The zero-order valence-corrected chi connectivity index (χ0v) is 13.4. The number of fused-ring (bicyclic) bond motifs is 1. The molecule has 0 amide bonds. The lowest BCUT2D eigenvalue weighted by atomic mass is 10.1. The molecular formula is C19H12FN3O3. The summed E-state index contributed by atoms with van der Waals surface area (Å²) in [5.41, 5.74) is 1.70. The number of hydrogen-bond acceptors (Lipinski definition) is 6. The van der Waals surface area contributed by atoms with Crippen LogP contribution in [0.4, 0.5) is 4.39 Å². The van der Waals surface area contributed by atoms with Crippen molar-refractivity contribution in [3.8, 4) is 11.5 Å². The smallest absolute Gasteiger partial charge is 0.339 e.